The lowest BCUT2D eigenvalue weighted by molar-refractivity contribution is 0.0302. The Balaban J connectivity index is 2.69. The lowest BCUT2D eigenvalue weighted by Gasteiger charge is -2.49. The minimum absolute atomic E-state index is 0.263. The summed E-state index contributed by atoms with van der Waals surface area (Å²) in [4.78, 5) is 2.70. The van der Waals surface area contributed by atoms with E-state index >= 15 is 0 Å². The topological polar surface area (TPSA) is 15.3 Å². The number of nitrogens with zero attached hydrogens (tertiary/aromatic N) is 1. The van der Waals surface area contributed by atoms with Crippen LogP contribution < -0.4 is 5.32 Å². The van der Waals surface area contributed by atoms with Gasteiger partial charge >= 0.3 is 0 Å². The molecule has 0 saturated carbocycles. The Kier molecular flexibility index (Phi) is 4.65. The van der Waals surface area contributed by atoms with E-state index in [1.54, 1.807) is 0 Å². The van der Waals surface area contributed by atoms with E-state index in [1.807, 2.05) is 0 Å². The van der Waals surface area contributed by atoms with Crippen LogP contribution in [0.25, 0.3) is 0 Å². The van der Waals surface area contributed by atoms with Gasteiger partial charge in [0.1, 0.15) is 0 Å². The van der Waals surface area contributed by atoms with Crippen LogP contribution in [0.15, 0.2) is 0 Å². The van der Waals surface area contributed by atoms with Gasteiger partial charge in [-0.05, 0) is 38.1 Å². The minimum Gasteiger partial charge on any atom is -0.309 e. The van der Waals surface area contributed by atoms with Crippen molar-refractivity contribution in [2.24, 2.45) is 11.3 Å². The predicted octanol–water partition coefficient (Wildman–Crippen LogP) is 3.13. The molecular formula is C15H32N2. The number of hydrogen-bond acceptors (Lipinski definition) is 2. The lowest BCUT2D eigenvalue weighted by Crippen LogP contribution is -2.64. The van der Waals surface area contributed by atoms with Crippen molar-refractivity contribution in [3.8, 4) is 0 Å². The van der Waals surface area contributed by atoms with Crippen LogP contribution in [0.2, 0.25) is 0 Å². The molecule has 1 atom stereocenters. The standard InChI is InChI=1S/C15H32N2/c1-12(2)8-9-17-11-15(6,7)16-10-13(17)14(3,4)5/h12-13,16H,8-11H2,1-7H3. The van der Waals surface area contributed by atoms with Crippen LogP contribution in [0.4, 0.5) is 0 Å². The highest BCUT2D eigenvalue weighted by Crippen LogP contribution is 2.29. The van der Waals surface area contributed by atoms with E-state index in [2.05, 4.69) is 58.7 Å². The van der Waals surface area contributed by atoms with E-state index in [-0.39, 0.29) is 5.54 Å². The van der Waals surface area contributed by atoms with Gasteiger partial charge in [-0.15, -0.1) is 0 Å². The van der Waals surface area contributed by atoms with Crippen molar-refractivity contribution in [2.45, 2.75) is 66.5 Å². The van der Waals surface area contributed by atoms with Crippen molar-refractivity contribution >= 4 is 0 Å². The highest BCUT2D eigenvalue weighted by molar-refractivity contribution is 4.96. The van der Waals surface area contributed by atoms with Crippen LogP contribution in [-0.2, 0) is 0 Å². The molecule has 0 radical (unpaired) electrons. The molecule has 1 saturated heterocycles. The summed E-state index contributed by atoms with van der Waals surface area (Å²) in [5, 5.41) is 3.69. The van der Waals surface area contributed by atoms with Crippen molar-refractivity contribution in [3.05, 3.63) is 0 Å². The molecule has 1 fully saturated rings. The SMILES string of the molecule is CC(C)CCN1CC(C)(C)NCC1C(C)(C)C. The predicted molar refractivity (Wildman–Crippen MR) is 76.4 cm³/mol. The van der Waals surface area contributed by atoms with Crippen LogP contribution in [0, 0.1) is 11.3 Å². The second kappa shape index (κ2) is 5.27. The molecule has 1 N–H and O–H groups in total. The first-order valence-electron chi connectivity index (χ1n) is 7.11. The summed E-state index contributed by atoms with van der Waals surface area (Å²) >= 11 is 0. The second-order valence-electron chi connectivity index (χ2n) is 7.80. The zero-order valence-electron chi connectivity index (χ0n) is 12.9. The van der Waals surface area contributed by atoms with Crippen LogP contribution in [0.3, 0.4) is 0 Å². The quantitative estimate of drug-likeness (QED) is 0.815. The zero-order valence-corrected chi connectivity index (χ0v) is 12.9. The molecule has 1 unspecified atom stereocenters. The van der Waals surface area contributed by atoms with Crippen LogP contribution in [0.5, 0.6) is 0 Å². The van der Waals surface area contributed by atoms with Crippen molar-refractivity contribution in [2.75, 3.05) is 19.6 Å². The molecule has 0 aromatic carbocycles. The summed E-state index contributed by atoms with van der Waals surface area (Å²) in [5.74, 6) is 0.800. The smallest absolute Gasteiger partial charge is 0.0270 e. The summed E-state index contributed by atoms with van der Waals surface area (Å²) in [7, 11) is 0. The van der Waals surface area contributed by atoms with Gasteiger partial charge in [-0.3, -0.25) is 4.90 Å². The fourth-order valence-corrected chi connectivity index (χ4v) is 2.69. The normalized spacial score (nSPS) is 26.5. The maximum absolute atomic E-state index is 3.69. The molecule has 2 nitrogen and oxygen atoms in total. The van der Waals surface area contributed by atoms with Gasteiger partial charge in [-0.2, -0.15) is 0 Å². The van der Waals surface area contributed by atoms with Crippen molar-refractivity contribution in [1.29, 1.82) is 0 Å². The molecule has 0 bridgehead atoms. The van der Waals surface area contributed by atoms with Crippen LogP contribution in [0.1, 0.15) is 54.9 Å². The lowest BCUT2D eigenvalue weighted by atomic mass is 9.82. The molecule has 0 aromatic heterocycles. The Bertz CT molecular complexity index is 238. The molecule has 102 valence electrons. The Labute approximate surface area is 108 Å². The van der Waals surface area contributed by atoms with Crippen molar-refractivity contribution < 1.29 is 0 Å². The largest absolute Gasteiger partial charge is 0.309 e. The van der Waals surface area contributed by atoms with Gasteiger partial charge in [0.2, 0.25) is 0 Å². The van der Waals surface area contributed by atoms with E-state index in [9.17, 15) is 0 Å². The van der Waals surface area contributed by atoms with E-state index < -0.39 is 0 Å². The fraction of sp³-hybridized carbons (Fsp3) is 1.00. The summed E-state index contributed by atoms with van der Waals surface area (Å²) < 4.78 is 0. The summed E-state index contributed by atoms with van der Waals surface area (Å²) in [6, 6.07) is 0.661. The molecule has 17 heavy (non-hydrogen) atoms. The number of piperazine rings is 1. The Hall–Kier alpha value is -0.0800. The third-order valence-electron chi connectivity index (χ3n) is 3.81. The molecule has 0 aliphatic carbocycles. The molecule has 1 aliphatic rings. The Morgan fingerprint density at radius 2 is 1.88 bits per heavy atom. The average Bonchev–Trinajstić information content (AvgIpc) is 2.11. The van der Waals surface area contributed by atoms with E-state index in [1.165, 1.54) is 19.5 Å². The van der Waals surface area contributed by atoms with Crippen LogP contribution in [-0.4, -0.2) is 36.1 Å². The van der Waals surface area contributed by atoms with Crippen molar-refractivity contribution in [3.63, 3.8) is 0 Å². The molecule has 2 heteroatoms. The molecule has 1 aliphatic heterocycles. The first-order chi connectivity index (χ1) is 7.62. The molecule has 0 aromatic rings. The van der Waals surface area contributed by atoms with Gasteiger partial charge < -0.3 is 5.32 Å². The highest BCUT2D eigenvalue weighted by atomic mass is 15.3. The summed E-state index contributed by atoms with van der Waals surface area (Å²) in [6.07, 6.45) is 1.31. The number of hydrogen-bond donors (Lipinski definition) is 1. The van der Waals surface area contributed by atoms with Gasteiger partial charge in [-0.25, -0.2) is 0 Å². The van der Waals surface area contributed by atoms with Crippen molar-refractivity contribution in [1.82, 2.24) is 10.2 Å². The van der Waals surface area contributed by atoms with Gasteiger partial charge in [0.15, 0.2) is 0 Å². The van der Waals surface area contributed by atoms with Gasteiger partial charge in [0.25, 0.3) is 0 Å². The zero-order chi connectivity index (χ0) is 13.3. The summed E-state index contributed by atoms with van der Waals surface area (Å²) in [6.45, 7) is 19.9. The number of rotatable bonds is 3. The molecule has 1 rings (SSSR count). The third kappa shape index (κ3) is 4.59. The van der Waals surface area contributed by atoms with E-state index in [0.29, 0.717) is 11.5 Å². The maximum atomic E-state index is 3.69. The molecule has 1 heterocycles. The average molecular weight is 240 g/mol. The van der Waals surface area contributed by atoms with Crippen LogP contribution >= 0.6 is 0 Å². The molecule has 0 amide bonds. The Morgan fingerprint density at radius 1 is 1.29 bits per heavy atom. The third-order valence-corrected chi connectivity index (χ3v) is 3.81. The molecular weight excluding hydrogens is 208 g/mol. The maximum Gasteiger partial charge on any atom is 0.0270 e. The van der Waals surface area contributed by atoms with E-state index in [0.717, 1.165) is 12.5 Å². The van der Waals surface area contributed by atoms with Gasteiger partial charge in [0, 0.05) is 24.7 Å². The minimum atomic E-state index is 0.263. The Morgan fingerprint density at radius 3 is 2.35 bits per heavy atom. The molecule has 0 spiro atoms. The monoisotopic (exact) mass is 240 g/mol. The number of nitrogens with one attached hydrogen (secondary N) is 1. The van der Waals surface area contributed by atoms with E-state index in [4.69, 9.17) is 0 Å². The first-order valence-corrected chi connectivity index (χ1v) is 7.11. The highest BCUT2D eigenvalue weighted by Gasteiger charge is 2.37. The fourth-order valence-electron chi connectivity index (χ4n) is 2.69. The second-order valence-corrected chi connectivity index (χ2v) is 7.80. The summed E-state index contributed by atoms with van der Waals surface area (Å²) in [5.41, 5.74) is 0.624. The van der Waals surface area contributed by atoms with Gasteiger partial charge in [0.05, 0.1) is 0 Å². The van der Waals surface area contributed by atoms with Gasteiger partial charge in [-0.1, -0.05) is 34.6 Å². The first kappa shape index (κ1) is 15.0.